The minimum Gasteiger partial charge on any atom is -0.352 e. The van der Waals surface area contributed by atoms with Crippen LogP contribution in [-0.4, -0.2) is 36.0 Å². The number of likely N-dealkylation sites (tertiary alicyclic amines) is 1. The monoisotopic (exact) mass is 303 g/mol. The van der Waals surface area contributed by atoms with Crippen LogP contribution in [0, 0.1) is 11.8 Å². The molecule has 1 saturated heterocycles. The molecule has 2 rings (SSSR count). The van der Waals surface area contributed by atoms with E-state index >= 15 is 0 Å². The van der Waals surface area contributed by atoms with Crippen molar-refractivity contribution < 1.29 is 4.79 Å². The molecule has 3 atom stereocenters. The molecule has 0 saturated carbocycles. The quantitative estimate of drug-likeness (QED) is 0.845. The summed E-state index contributed by atoms with van der Waals surface area (Å²) < 4.78 is 0. The molecule has 122 valence electrons. The topological polar surface area (TPSA) is 58.4 Å². The van der Waals surface area contributed by atoms with Gasteiger partial charge < -0.3 is 11.1 Å². The Balaban J connectivity index is 1.81. The summed E-state index contributed by atoms with van der Waals surface area (Å²) in [7, 11) is 0. The van der Waals surface area contributed by atoms with Gasteiger partial charge in [0.1, 0.15) is 0 Å². The standard InChI is InChI=1S/C18H29N3O/c1-13(2)17(19)18(22)20-14(3)16-9-10-21(12-16)11-15-7-5-4-6-8-15/h4-8,13-14,16-17H,9-12,19H2,1-3H3,(H,20,22)/t14?,16?,17-/m0/s1. The lowest BCUT2D eigenvalue weighted by atomic mass is 9.99. The molecular formula is C18H29N3O. The van der Waals surface area contributed by atoms with E-state index in [1.165, 1.54) is 5.56 Å². The lowest BCUT2D eigenvalue weighted by Crippen LogP contribution is -2.49. The molecule has 0 aromatic heterocycles. The van der Waals surface area contributed by atoms with E-state index in [0.29, 0.717) is 5.92 Å². The van der Waals surface area contributed by atoms with Crippen LogP contribution in [0.5, 0.6) is 0 Å². The molecule has 4 heteroatoms. The number of carbonyl (C=O) groups excluding carboxylic acids is 1. The van der Waals surface area contributed by atoms with Crippen LogP contribution in [0.2, 0.25) is 0 Å². The molecule has 1 amide bonds. The maximum atomic E-state index is 12.1. The largest absolute Gasteiger partial charge is 0.352 e. The minimum atomic E-state index is -0.413. The number of nitrogens with two attached hydrogens (primary N) is 1. The molecule has 1 aliphatic heterocycles. The van der Waals surface area contributed by atoms with Crippen LogP contribution in [-0.2, 0) is 11.3 Å². The van der Waals surface area contributed by atoms with Gasteiger partial charge in [-0.15, -0.1) is 0 Å². The van der Waals surface area contributed by atoms with E-state index < -0.39 is 6.04 Å². The predicted molar refractivity (Wildman–Crippen MR) is 90.2 cm³/mol. The van der Waals surface area contributed by atoms with Crippen molar-refractivity contribution in [1.82, 2.24) is 10.2 Å². The van der Waals surface area contributed by atoms with Crippen LogP contribution in [0.25, 0.3) is 0 Å². The van der Waals surface area contributed by atoms with Gasteiger partial charge in [0.05, 0.1) is 6.04 Å². The van der Waals surface area contributed by atoms with Crippen molar-refractivity contribution >= 4 is 5.91 Å². The van der Waals surface area contributed by atoms with Crippen molar-refractivity contribution in [2.75, 3.05) is 13.1 Å². The minimum absolute atomic E-state index is 0.0241. The van der Waals surface area contributed by atoms with Crippen LogP contribution < -0.4 is 11.1 Å². The van der Waals surface area contributed by atoms with Gasteiger partial charge in [-0.25, -0.2) is 0 Å². The van der Waals surface area contributed by atoms with Crippen LogP contribution in [0.1, 0.15) is 32.8 Å². The summed E-state index contributed by atoms with van der Waals surface area (Å²) in [5.41, 5.74) is 7.26. The number of benzene rings is 1. The molecule has 4 nitrogen and oxygen atoms in total. The Kier molecular flexibility index (Phi) is 5.98. The summed E-state index contributed by atoms with van der Waals surface area (Å²) in [5, 5.41) is 3.10. The summed E-state index contributed by atoms with van der Waals surface area (Å²) in [6.45, 7) is 9.17. The molecule has 0 bridgehead atoms. The van der Waals surface area contributed by atoms with Crippen LogP contribution >= 0.6 is 0 Å². The highest BCUT2D eigenvalue weighted by Crippen LogP contribution is 2.21. The number of amides is 1. The Morgan fingerprint density at radius 3 is 2.64 bits per heavy atom. The van der Waals surface area contributed by atoms with Crippen molar-refractivity contribution in [2.45, 2.75) is 45.8 Å². The summed E-state index contributed by atoms with van der Waals surface area (Å²) >= 11 is 0. The van der Waals surface area contributed by atoms with Gasteiger partial charge in [-0.2, -0.15) is 0 Å². The third-order valence-corrected chi connectivity index (χ3v) is 4.66. The molecule has 1 aromatic carbocycles. The fourth-order valence-corrected chi connectivity index (χ4v) is 3.00. The average molecular weight is 303 g/mol. The third-order valence-electron chi connectivity index (χ3n) is 4.66. The average Bonchev–Trinajstić information content (AvgIpc) is 2.96. The van der Waals surface area contributed by atoms with E-state index in [-0.39, 0.29) is 17.9 Å². The van der Waals surface area contributed by atoms with E-state index in [0.717, 1.165) is 26.1 Å². The normalized spacial score (nSPS) is 21.8. The number of carbonyl (C=O) groups is 1. The van der Waals surface area contributed by atoms with Gasteiger partial charge in [0.2, 0.25) is 5.91 Å². The summed E-state index contributed by atoms with van der Waals surface area (Å²) in [5.74, 6) is 0.654. The molecule has 1 heterocycles. The van der Waals surface area contributed by atoms with Gasteiger partial charge in [0, 0.05) is 19.1 Å². The first-order valence-electron chi connectivity index (χ1n) is 8.29. The highest BCUT2D eigenvalue weighted by atomic mass is 16.2. The smallest absolute Gasteiger partial charge is 0.237 e. The molecule has 0 radical (unpaired) electrons. The second-order valence-corrected chi connectivity index (χ2v) is 6.84. The fraction of sp³-hybridized carbons (Fsp3) is 0.611. The zero-order valence-corrected chi connectivity index (χ0v) is 14.0. The second kappa shape index (κ2) is 7.75. The van der Waals surface area contributed by atoms with Gasteiger partial charge in [0.15, 0.2) is 0 Å². The van der Waals surface area contributed by atoms with Crippen molar-refractivity contribution in [3.05, 3.63) is 35.9 Å². The summed E-state index contributed by atoms with van der Waals surface area (Å²) in [4.78, 5) is 14.5. The van der Waals surface area contributed by atoms with Crippen molar-refractivity contribution in [1.29, 1.82) is 0 Å². The highest BCUT2D eigenvalue weighted by molar-refractivity contribution is 5.82. The molecule has 1 aromatic rings. The highest BCUT2D eigenvalue weighted by Gasteiger charge is 2.29. The Labute approximate surface area is 134 Å². The SMILES string of the molecule is CC(NC(=O)[C@@H](N)C(C)C)C1CCN(Cc2ccccc2)C1. The number of nitrogens with one attached hydrogen (secondary N) is 1. The number of rotatable bonds is 6. The zero-order valence-electron chi connectivity index (χ0n) is 14.0. The third kappa shape index (κ3) is 4.55. The molecular weight excluding hydrogens is 274 g/mol. The Bertz CT molecular complexity index is 474. The molecule has 0 spiro atoms. The molecule has 3 N–H and O–H groups in total. The lowest BCUT2D eigenvalue weighted by molar-refractivity contribution is -0.124. The second-order valence-electron chi connectivity index (χ2n) is 6.84. The summed E-state index contributed by atoms with van der Waals surface area (Å²) in [6.07, 6.45) is 1.13. The zero-order chi connectivity index (χ0) is 16.1. The maximum absolute atomic E-state index is 12.1. The predicted octanol–water partition coefficient (Wildman–Crippen LogP) is 2.00. The van der Waals surface area contributed by atoms with Gasteiger partial charge in [-0.05, 0) is 37.3 Å². The first kappa shape index (κ1) is 17.0. The van der Waals surface area contributed by atoms with E-state index in [9.17, 15) is 4.79 Å². The Hall–Kier alpha value is -1.39. The first-order valence-corrected chi connectivity index (χ1v) is 8.29. The maximum Gasteiger partial charge on any atom is 0.237 e. The lowest BCUT2D eigenvalue weighted by Gasteiger charge is -2.24. The van der Waals surface area contributed by atoms with E-state index in [4.69, 9.17) is 5.73 Å². The molecule has 22 heavy (non-hydrogen) atoms. The molecule has 1 aliphatic rings. The van der Waals surface area contributed by atoms with E-state index in [2.05, 4.69) is 41.4 Å². The fourth-order valence-electron chi connectivity index (χ4n) is 3.00. The van der Waals surface area contributed by atoms with Crippen molar-refractivity contribution in [3.8, 4) is 0 Å². The van der Waals surface area contributed by atoms with Crippen molar-refractivity contribution in [2.24, 2.45) is 17.6 Å². The molecule has 2 unspecified atom stereocenters. The van der Waals surface area contributed by atoms with Crippen molar-refractivity contribution in [3.63, 3.8) is 0 Å². The van der Waals surface area contributed by atoms with Crippen LogP contribution in [0.15, 0.2) is 30.3 Å². The first-order chi connectivity index (χ1) is 10.5. The van der Waals surface area contributed by atoms with Crippen LogP contribution in [0.4, 0.5) is 0 Å². The van der Waals surface area contributed by atoms with E-state index in [1.54, 1.807) is 0 Å². The van der Waals surface area contributed by atoms with Gasteiger partial charge in [-0.1, -0.05) is 44.2 Å². The summed E-state index contributed by atoms with van der Waals surface area (Å²) in [6, 6.07) is 10.3. The van der Waals surface area contributed by atoms with Gasteiger partial charge in [-0.3, -0.25) is 9.69 Å². The number of nitrogens with zero attached hydrogens (tertiary/aromatic N) is 1. The number of hydrogen-bond donors (Lipinski definition) is 2. The van der Waals surface area contributed by atoms with Crippen LogP contribution in [0.3, 0.4) is 0 Å². The Morgan fingerprint density at radius 1 is 1.32 bits per heavy atom. The Morgan fingerprint density at radius 2 is 2.00 bits per heavy atom. The molecule has 1 fully saturated rings. The number of hydrogen-bond acceptors (Lipinski definition) is 3. The van der Waals surface area contributed by atoms with E-state index in [1.807, 2.05) is 19.9 Å². The molecule has 0 aliphatic carbocycles. The van der Waals surface area contributed by atoms with Gasteiger partial charge >= 0.3 is 0 Å². The van der Waals surface area contributed by atoms with Gasteiger partial charge in [0.25, 0.3) is 0 Å².